The van der Waals surface area contributed by atoms with Crippen LogP contribution in [0.4, 0.5) is 11.4 Å². The Morgan fingerprint density at radius 2 is 2.06 bits per heavy atom. The number of hydrogen-bond donors (Lipinski definition) is 3. The van der Waals surface area contributed by atoms with Crippen molar-refractivity contribution in [1.29, 1.82) is 0 Å². The second-order valence-electron chi connectivity index (χ2n) is 4.12. The average Bonchev–Trinajstić information content (AvgIpc) is 2.71. The molecule has 2 rings (SSSR count). The Labute approximate surface area is 105 Å². The second kappa shape index (κ2) is 4.91. The van der Waals surface area contributed by atoms with Gasteiger partial charge in [0.2, 0.25) is 0 Å². The van der Waals surface area contributed by atoms with Crippen molar-refractivity contribution in [2.24, 2.45) is 0 Å². The Morgan fingerprint density at radius 1 is 1.39 bits per heavy atom. The van der Waals surface area contributed by atoms with Gasteiger partial charge in [-0.25, -0.2) is 0 Å². The Morgan fingerprint density at radius 3 is 2.56 bits per heavy atom. The van der Waals surface area contributed by atoms with Crippen LogP contribution in [0.2, 0.25) is 0 Å². The number of amides is 1. The molecule has 0 saturated carbocycles. The van der Waals surface area contributed by atoms with E-state index in [2.05, 4.69) is 22.4 Å². The molecule has 0 aliphatic carbocycles. The summed E-state index contributed by atoms with van der Waals surface area (Å²) in [7, 11) is 0. The van der Waals surface area contributed by atoms with E-state index in [0.717, 1.165) is 12.1 Å². The van der Waals surface area contributed by atoms with Crippen molar-refractivity contribution >= 4 is 17.3 Å². The summed E-state index contributed by atoms with van der Waals surface area (Å²) >= 11 is 0. The first-order chi connectivity index (χ1) is 8.61. The fourth-order valence-corrected chi connectivity index (χ4v) is 1.62. The number of nitrogens with one attached hydrogen (secondary N) is 2. The molecule has 94 valence electrons. The molecule has 2 aromatic rings. The largest absolute Gasteiger partial charge is 0.395 e. The van der Waals surface area contributed by atoms with Crippen LogP contribution in [0.3, 0.4) is 0 Å². The number of anilines is 2. The highest BCUT2D eigenvalue weighted by Crippen LogP contribution is 2.15. The van der Waals surface area contributed by atoms with E-state index in [1.807, 2.05) is 24.3 Å². The topological polar surface area (TPSA) is 83.8 Å². The van der Waals surface area contributed by atoms with Crippen molar-refractivity contribution in [3.05, 3.63) is 41.2 Å². The molecule has 0 atom stereocenters. The summed E-state index contributed by atoms with van der Waals surface area (Å²) in [5.74, 6) is -0.305. The maximum atomic E-state index is 11.9. The molecular formula is C13H16N4O. The number of nitrogens with two attached hydrogens (primary N) is 1. The van der Waals surface area contributed by atoms with Gasteiger partial charge in [-0.1, -0.05) is 19.1 Å². The molecule has 0 aliphatic heterocycles. The van der Waals surface area contributed by atoms with E-state index in [4.69, 9.17) is 5.73 Å². The molecule has 1 aromatic heterocycles. The fraction of sp³-hybridized carbons (Fsp3) is 0.231. The van der Waals surface area contributed by atoms with Gasteiger partial charge in [-0.05, 0) is 31.0 Å². The van der Waals surface area contributed by atoms with Crippen LogP contribution in [0, 0.1) is 6.92 Å². The van der Waals surface area contributed by atoms with Crippen molar-refractivity contribution in [2.75, 3.05) is 11.1 Å². The maximum Gasteiger partial charge on any atom is 0.278 e. The lowest BCUT2D eigenvalue weighted by atomic mass is 10.1. The lowest BCUT2D eigenvalue weighted by Crippen LogP contribution is -2.14. The average molecular weight is 244 g/mol. The number of nitrogen functional groups attached to an aromatic ring is 1. The predicted molar refractivity (Wildman–Crippen MR) is 71.5 cm³/mol. The summed E-state index contributed by atoms with van der Waals surface area (Å²) in [6.07, 6.45) is 0.972. The first-order valence-corrected chi connectivity index (χ1v) is 5.82. The van der Waals surface area contributed by atoms with Crippen molar-refractivity contribution in [3.8, 4) is 0 Å². The van der Waals surface area contributed by atoms with Crippen LogP contribution >= 0.6 is 0 Å². The van der Waals surface area contributed by atoms with Gasteiger partial charge in [0.1, 0.15) is 0 Å². The molecule has 1 amide bonds. The molecular weight excluding hydrogens is 228 g/mol. The number of carbonyl (C=O) groups is 1. The Balaban J connectivity index is 2.13. The number of hydrogen-bond acceptors (Lipinski definition) is 3. The lowest BCUT2D eigenvalue weighted by Gasteiger charge is -2.04. The van der Waals surface area contributed by atoms with Crippen LogP contribution in [-0.4, -0.2) is 16.1 Å². The van der Waals surface area contributed by atoms with Crippen LogP contribution in [-0.2, 0) is 6.42 Å². The van der Waals surface area contributed by atoms with Gasteiger partial charge >= 0.3 is 0 Å². The number of nitrogens with zero attached hydrogens (tertiary/aromatic N) is 1. The van der Waals surface area contributed by atoms with E-state index < -0.39 is 0 Å². The van der Waals surface area contributed by atoms with Crippen LogP contribution < -0.4 is 11.1 Å². The van der Waals surface area contributed by atoms with Crippen molar-refractivity contribution < 1.29 is 4.79 Å². The highest BCUT2D eigenvalue weighted by Gasteiger charge is 2.15. The zero-order valence-corrected chi connectivity index (χ0v) is 10.4. The number of benzene rings is 1. The number of H-pyrrole nitrogens is 1. The van der Waals surface area contributed by atoms with Crippen molar-refractivity contribution in [2.45, 2.75) is 20.3 Å². The van der Waals surface area contributed by atoms with E-state index in [1.165, 1.54) is 5.56 Å². The van der Waals surface area contributed by atoms with Gasteiger partial charge in [-0.2, -0.15) is 5.10 Å². The van der Waals surface area contributed by atoms with E-state index in [0.29, 0.717) is 11.4 Å². The molecule has 0 spiro atoms. The molecule has 0 aliphatic rings. The smallest absolute Gasteiger partial charge is 0.278 e. The zero-order valence-electron chi connectivity index (χ0n) is 10.4. The monoisotopic (exact) mass is 244 g/mol. The third-order valence-corrected chi connectivity index (χ3v) is 2.83. The van der Waals surface area contributed by atoms with Gasteiger partial charge in [0.25, 0.3) is 5.91 Å². The van der Waals surface area contributed by atoms with Gasteiger partial charge in [0.15, 0.2) is 5.69 Å². The molecule has 4 N–H and O–H groups in total. The van der Waals surface area contributed by atoms with E-state index in [-0.39, 0.29) is 11.6 Å². The molecule has 18 heavy (non-hydrogen) atoms. The molecule has 0 saturated heterocycles. The standard InChI is InChI=1S/C13H16N4O/c1-3-9-4-6-10(7-5-9)15-13(18)12-11(14)8(2)16-17-12/h4-7H,3,14H2,1-2H3,(H,15,18)(H,16,17). The van der Waals surface area contributed by atoms with E-state index in [9.17, 15) is 4.79 Å². The first kappa shape index (κ1) is 12.2. The van der Waals surface area contributed by atoms with Gasteiger partial charge < -0.3 is 11.1 Å². The van der Waals surface area contributed by atoms with Crippen LogP contribution in [0.1, 0.15) is 28.7 Å². The minimum atomic E-state index is -0.305. The van der Waals surface area contributed by atoms with Crippen LogP contribution in [0.15, 0.2) is 24.3 Å². The number of rotatable bonds is 3. The first-order valence-electron chi connectivity index (χ1n) is 5.82. The lowest BCUT2D eigenvalue weighted by molar-refractivity contribution is 0.102. The van der Waals surface area contributed by atoms with Crippen molar-refractivity contribution in [1.82, 2.24) is 10.2 Å². The van der Waals surface area contributed by atoms with Crippen LogP contribution in [0.25, 0.3) is 0 Å². The fourth-order valence-electron chi connectivity index (χ4n) is 1.62. The quantitative estimate of drug-likeness (QED) is 0.773. The normalized spacial score (nSPS) is 10.3. The molecule has 5 nitrogen and oxygen atoms in total. The minimum absolute atomic E-state index is 0.229. The van der Waals surface area contributed by atoms with E-state index in [1.54, 1.807) is 6.92 Å². The summed E-state index contributed by atoms with van der Waals surface area (Å²) in [6, 6.07) is 7.70. The number of aromatic amines is 1. The van der Waals surface area contributed by atoms with Gasteiger partial charge in [0.05, 0.1) is 11.4 Å². The molecule has 5 heteroatoms. The summed E-state index contributed by atoms with van der Waals surface area (Å²) in [5.41, 5.74) is 9.02. The Hall–Kier alpha value is -2.30. The second-order valence-corrected chi connectivity index (χ2v) is 4.12. The third kappa shape index (κ3) is 2.34. The molecule has 1 aromatic carbocycles. The summed E-state index contributed by atoms with van der Waals surface area (Å²) in [5, 5.41) is 9.33. The summed E-state index contributed by atoms with van der Waals surface area (Å²) < 4.78 is 0. The molecule has 0 fully saturated rings. The molecule has 0 radical (unpaired) electrons. The predicted octanol–water partition coefficient (Wildman–Crippen LogP) is 2.12. The molecule has 1 heterocycles. The third-order valence-electron chi connectivity index (χ3n) is 2.83. The molecule has 0 bridgehead atoms. The summed E-state index contributed by atoms with van der Waals surface area (Å²) in [6.45, 7) is 3.86. The summed E-state index contributed by atoms with van der Waals surface area (Å²) in [4.78, 5) is 11.9. The van der Waals surface area contributed by atoms with E-state index >= 15 is 0 Å². The van der Waals surface area contributed by atoms with Gasteiger partial charge in [0, 0.05) is 5.69 Å². The number of carbonyl (C=O) groups excluding carboxylic acids is 1. The van der Waals surface area contributed by atoms with Crippen LogP contribution in [0.5, 0.6) is 0 Å². The number of aromatic nitrogens is 2. The highest BCUT2D eigenvalue weighted by molar-refractivity contribution is 6.06. The minimum Gasteiger partial charge on any atom is -0.395 e. The van der Waals surface area contributed by atoms with Gasteiger partial charge in [-0.15, -0.1) is 0 Å². The Kier molecular flexibility index (Phi) is 3.32. The zero-order chi connectivity index (χ0) is 13.1. The molecule has 0 unspecified atom stereocenters. The maximum absolute atomic E-state index is 11.9. The van der Waals surface area contributed by atoms with Gasteiger partial charge in [-0.3, -0.25) is 9.89 Å². The Bertz CT molecular complexity index is 557. The highest BCUT2D eigenvalue weighted by atomic mass is 16.2. The van der Waals surface area contributed by atoms with Crippen molar-refractivity contribution in [3.63, 3.8) is 0 Å². The SMILES string of the molecule is CCc1ccc(NC(=O)c2n[nH]c(C)c2N)cc1. The number of aryl methyl sites for hydroxylation is 2.